The van der Waals surface area contributed by atoms with E-state index in [0.29, 0.717) is 6.54 Å². The molecule has 0 aliphatic carbocycles. The van der Waals surface area contributed by atoms with Crippen molar-refractivity contribution in [2.24, 2.45) is 4.99 Å². The lowest BCUT2D eigenvalue weighted by atomic mass is 10.1. The van der Waals surface area contributed by atoms with Gasteiger partial charge in [-0.2, -0.15) is 5.10 Å². The van der Waals surface area contributed by atoms with Crippen molar-refractivity contribution in [3.05, 3.63) is 83.9 Å². The number of hydrogen-bond acceptors (Lipinski definition) is 3. The van der Waals surface area contributed by atoms with Crippen molar-refractivity contribution in [1.82, 2.24) is 30.0 Å². The number of rotatable bonds is 8. The van der Waals surface area contributed by atoms with E-state index in [4.69, 9.17) is 4.99 Å². The molecule has 0 aliphatic heterocycles. The minimum Gasteiger partial charge on any atom is -0.357 e. The summed E-state index contributed by atoms with van der Waals surface area (Å²) >= 11 is 0. The Kier molecular flexibility index (Phi) is 6.62. The second kappa shape index (κ2) is 9.93. The summed E-state index contributed by atoms with van der Waals surface area (Å²) in [6.07, 6.45) is 3.78. The fourth-order valence-corrected chi connectivity index (χ4v) is 3.70. The Balaban J connectivity index is 1.41. The van der Waals surface area contributed by atoms with Crippen LogP contribution in [0.4, 0.5) is 0 Å². The van der Waals surface area contributed by atoms with Crippen LogP contribution in [0.1, 0.15) is 23.9 Å². The van der Waals surface area contributed by atoms with Gasteiger partial charge in [-0.15, -0.1) is 0 Å². The molecule has 0 fully saturated rings. The summed E-state index contributed by atoms with van der Waals surface area (Å²) in [4.78, 5) is 9.46. The molecule has 4 aromatic rings. The first-order chi connectivity index (χ1) is 15.2. The standard InChI is InChI=1S/C24H29N7/c1-3-25-24(26-14-16-31-19(2)29-22-11-6-7-12-23(22)31)27-17-20-9-4-5-10-21(20)18-30-15-8-13-28-30/h4-13,15H,3,14,16-18H2,1-2H3,(H2,25,26,27). The summed E-state index contributed by atoms with van der Waals surface area (Å²) < 4.78 is 4.18. The first-order valence-corrected chi connectivity index (χ1v) is 10.7. The van der Waals surface area contributed by atoms with Gasteiger partial charge < -0.3 is 15.2 Å². The number of nitrogens with one attached hydrogen (secondary N) is 2. The average molecular weight is 416 g/mol. The molecule has 0 aliphatic rings. The number of hydrogen-bond donors (Lipinski definition) is 2. The van der Waals surface area contributed by atoms with Crippen LogP contribution in [-0.2, 0) is 19.6 Å². The van der Waals surface area contributed by atoms with Crippen LogP contribution in [0.5, 0.6) is 0 Å². The first-order valence-electron chi connectivity index (χ1n) is 10.7. The molecule has 31 heavy (non-hydrogen) atoms. The van der Waals surface area contributed by atoms with Crippen LogP contribution in [0.2, 0.25) is 0 Å². The summed E-state index contributed by atoms with van der Waals surface area (Å²) in [5.74, 6) is 1.84. The monoisotopic (exact) mass is 415 g/mol. The minimum absolute atomic E-state index is 0.611. The molecule has 7 heteroatoms. The Morgan fingerprint density at radius 1 is 1.00 bits per heavy atom. The van der Waals surface area contributed by atoms with Crippen LogP contribution in [-0.4, -0.2) is 38.4 Å². The molecule has 160 valence electrons. The quantitative estimate of drug-likeness (QED) is 0.342. The van der Waals surface area contributed by atoms with Crippen LogP contribution >= 0.6 is 0 Å². The van der Waals surface area contributed by atoms with E-state index in [1.54, 1.807) is 6.20 Å². The topological polar surface area (TPSA) is 72.1 Å². The number of aromatic nitrogens is 4. The fraction of sp³-hybridized carbons (Fsp3) is 0.292. The normalized spacial score (nSPS) is 11.7. The van der Waals surface area contributed by atoms with E-state index in [2.05, 4.69) is 81.6 Å². The maximum absolute atomic E-state index is 4.82. The van der Waals surface area contributed by atoms with Gasteiger partial charge in [-0.1, -0.05) is 36.4 Å². The predicted octanol–water partition coefficient (Wildman–Crippen LogP) is 3.34. The highest BCUT2D eigenvalue weighted by Gasteiger charge is 2.07. The molecule has 0 spiro atoms. The maximum Gasteiger partial charge on any atom is 0.191 e. The molecular formula is C24H29N7. The van der Waals surface area contributed by atoms with Crippen molar-refractivity contribution in [3.63, 3.8) is 0 Å². The second-order valence-corrected chi connectivity index (χ2v) is 7.39. The summed E-state index contributed by atoms with van der Waals surface area (Å²) in [6, 6.07) is 18.6. The number of para-hydroxylation sites is 2. The van der Waals surface area contributed by atoms with Crippen molar-refractivity contribution in [2.45, 2.75) is 33.5 Å². The number of guanidine groups is 1. The van der Waals surface area contributed by atoms with E-state index in [9.17, 15) is 0 Å². The molecule has 2 N–H and O–H groups in total. The zero-order valence-corrected chi connectivity index (χ0v) is 18.1. The lowest BCUT2D eigenvalue weighted by Gasteiger charge is -2.14. The molecule has 2 heterocycles. The smallest absolute Gasteiger partial charge is 0.191 e. The molecule has 7 nitrogen and oxygen atoms in total. The Bertz CT molecular complexity index is 1140. The Labute approximate surface area is 182 Å². The molecule has 0 unspecified atom stereocenters. The molecule has 2 aromatic heterocycles. The molecule has 0 bridgehead atoms. The number of aryl methyl sites for hydroxylation is 1. The van der Waals surface area contributed by atoms with Gasteiger partial charge in [0.05, 0.1) is 24.1 Å². The van der Waals surface area contributed by atoms with Crippen LogP contribution < -0.4 is 10.6 Å². The third kappa shape index (κ3) is 5.12. The third-order valence-corrected chi connectivity index (χ3v) is 5.23. The highest BCUT2D eigenvalue weighted by Crippen LogP contribution is 2.15. The second-order valence-electron chi connectivity index (χ2n) is 7.39. The predicted molar refractivity (Wildman–Crippen MR) is 125 cm³/mol. The van der Waals surface area contributed by atoms with Gasteiger partial charge in [-0.3, -0.25) is 4.68 Å². The van der Waals surface area contributed by atoms with Crippen molar-refractivity contribution < 1.29 is 0 Å². The lowest BCUT2D eigenvalue weighted by molar-refractivity contribution is 0.659. The van der Waals surface area contributed by atoms with Gasteiger partial charge in [0.2, 0.25) is 0 Å². The molecule has 0 amide bonds. The van der Waals surface area contributed by atoms with Gasteiger partial charge in [0.1, 0.15) is 5.82 Å². The van der Waals surface area contributed by atoms with Crippen LogP contribution in [0.25, 0.3) is 11.0 Å². The van der Waals surface area contributed by atoms with E-state index in [-0.39, 0.29) is 0 Å². The molecule has 0 saturated carbocycles. The van der Waals surface area contributed by atoms with Crippen LogP contribution in [0, 0.1) is 6.92 Å². The van der Waals surface area contributed by atoms with Crippen molar-refractivity contribution in [3.8, 4) is 0 Å². The van der Waals surface area contributed by atoms with Crippen LogP contribution in [0.15, 0.2) is 72.0 Å². The van der Waals surface area contributed by atoms with Gasteiger partial charge in [-0.05, 0) is 43.2 Å². The van der Waals surface area contributed by atoms with Crippen molar-refractivity contribution in [2.75, 3.05) is 13.1 Å². The van der Waals surface area contributed by atoms with E-state index in [0.717, 1.165) is 49.0 Å². The lowest BCUT2D eigenvalue weighted by Crippen LogP contribution is -2.39. The largest absolute Gasteiger partial charge is 0.357 e. The summed E-state index contributed by atoms with van der Waals surface area (Å²) in [7, 11) is 0. The first kappa shape index (κ1) is 20.7. The van der Waals surface area contributed by atoms with E-state index < -0.39 is 0 Å². The van der Waals surface area contributed by atoms with Gasteiger partial charge in [0, 0.05) is 32.0 Å². The summed E-state index contributed by atoms with van der Waals surface area (Å²) in [6.45, 7) is 7.89. The molecule has 4 rings (SSSR count). The number of nitrogens with zero attached hydrogens (tertiary/aromatic N) is 5. The molecule has 0 radical (unpaired) electrons. The maximum atomic E-state index is 4.82. The number of fused-ring (bicyclic) bond motifs is 1. The van der Waals surface area contributed by atoms with Gasteiger partial charge in [0.25, 0.3) is 0 Å². The third-order valence-electron chi connectivity index (χ3n) is 5.23. The van der Waals surface area contributed by atoms with Gasteiger partial charge in [-0.25, -0.2) is 9.98 Å². The number of imidazole rings is 1. The van der Waals surface area contributed by atoms with Gasteiger partial charge in [0.15, 0.2) is 5.96 Å². The number of benzene rings is 2. The minimum atomic E-state index is 0.611. The van der Waals surface area contributed by atoms with E-state index in [1.807, 2.05) is 23.0 Å². The highest BCUT2D eigenvalue weighted by molar-refractivity contribution is 5.80. The molecule has 0 saturated heterocycles. The Morgan fingerprint density at radius 2 is 1.81 bits per heavy atom. The summed E-state index contributed by atoms with van der Waals surface area (Å²) in [5.41, 5.74) is 4.63. The molecule has 2 aromatic carbocycles. The average Bonchev–Trinajstić information content (AvgIpc) is 3.40. The molecule has 0 atom stereocenters. The zero-order valence-electron chi connectivity index (χ0n) is 18.1. The Hall–Kier alpha value is -3.61. The fourth-order valence-electron chi connectivity index (χ4n) is 3.70. The van der Waals surface area contributed by atoms with Gasteiger partial charge >= 0.3 is 0 Å². The number of aliphatic imine (C=N–C) groups is 1. The van der Waals surface area contributed by atoms with E-state index in [1.165, 1.54) is 11.1 Å². The zero-order chi connectivity index (χ0) is 21.5. The van der Waals surface area contributed by atoms with Crippen molar-refractivity contribution >= 4 is 17.0 Å². The molecular weight excluding hydrogens is 386 g/mol. The highest BCUT2D eigenvalue weighted by atomic mass is 15.3. The summed E-state index contributed by atoms with van der Waals surface area (Å²) in [5, 5.41) is 11.1. The SMILES string of the molecule is CCNC(=NCc1ccccc1Cn1cccn1)NCCn1c(C)nc2ccccc21. The Morgan fingerprint density at radius 3 is 2.61 bits per heavy atom. The van der Waals surface area contributed by atoms with E-state index >= 15 is 0 Å². The van der Waals surface area contributed by atoms with Crippen molar-refractivity contribution in [1.29, 1.82) is 0 Å². The van der Waals surface area contributed by atoms with Crippen LogP contribution in [0.3, 0.4) is 0 Å².